The van der Waals surface area contributed by atoms with Gasteiger partial charge in [0.15, 0.2) is 9.84 Å². The maximum Gasteiger partial charge on any atom is 0.416 e. The normalized spacial score (nSPS) is 15.7. The third-order valence-electron chi connectivity index (χ3n) is 6.64. The van der Waals surface area contributed by atoms with Crippen molar-refractivity contribution in [1.82, 2.24) is 4.90 Å². The molecule has 1 aliphatic rings. The topological polar surface area (TPSA) is 144 Å². The monoisotopic (exact) mass is 611 g/mol. The predicted molar refractivity (Wildman–Crippen MR) is 151 cm³/mol. The first-order valence-corrected chi connectivity index (χ1v) is 14.3. The van der Waals surface area contributed by atoms with Crippen molar-refractivity contribution in [3.8, 4) is 6.07 Å². The van der Waals surface area contributed by atoms with E-state index in [0.29, 0.717) is 5.56 Å². The fourth-order valence-electron chi connectivity index (χ4n) is 4.58. The van der Waals surface area contributed by atoms with Crippen LogP contribution in [0.5, 0.6) is 0 Å². The quantitative estimate of drug-likeness (QED) is 0.365. The number of halogens is 3. The van der Waals surface area contributed by atoms with Crippen molar-refractivity contribution in [2.24, 2.45) is 0 Å². The Hall–Kier alpha value is -5.16. The Morgan fingerprint density at radius 1 is 1.05 bits per heavy atom. The van der Waals surface area contributed by atoms with Crippen LogP contribution in [0.4, 0.5) is 29.3 Å². The summed E-state index contributed by atoms with van der Waals surface area (Å²) in [5.74, 6) is -1.50. The van der Waals surface area contributed by atoms with Gasteiger partial charge in [-0.3, -0.25) is 15.2 Å². The largest absolute Gasteiger partial charge is 0.466 e. The molecule has 0 saturated carbocycles. The molecule has 4 rings (SSSR count). The van der Waals surface area contributed by atoms with Gasteiger partial charge in [-0.05, 0) is 67.1 Å². The van der Waals surface area contributed by atoms with Gasteiger partial charge in [-0.15, -0.1) is 0 Å². The zero-order valence-corrected chi connectivity index (χ0v) is 23.7. The van der Waals surface area contributed by atoms with E-state index in [1.807, 2.05) is 6.07 Å². The predicted octanol–water partition coefficient (Wildman–Crippen LogP) is 5.46. The average molecular weight is 612 g/mol. The van der Waals surface area contributed by atoms with Gasteiger partial charge in [0, 0.05) is 23.3 Å². The highest BCUT2D eigenvalue weighted by Gasteiger charge is 2.44. The lowest BCUT2D eigenvalue weighted by molar-refractivity contribution is -0.138. The average Bonchev–Trinajstić information content (AvgIpc) is 2.96. The van der Waals surface area contributed by atoms with Crippen LogP contribution in [0.3, 0.4) is 0 Å². The number of amides is 2. The van der Waals surface area contributed by atoms with Crippen LogP contribution in [0.2, 0.25) is 0 Å². The summed E-state index contributed by atoms with van der Waals surface area (Å²) in [4.78, 5) is 29.0. The number of allylic oxidation sites excluding steroid dienone is 1. The number of esters is 1. The smallest absolute Gasteiger partial charge is 0.416 e. The fourth-order valence-corrected chi connectivity index (χ4v) is 5.21. The van der Waals surface area contributed by atoms with Crippen molar-refractivity contribution in [1.29, 1.82) is 10.7 Å². The van der Waals surface area contributed by atoms with Gasteiger partial charge in [0.25, 0.3) is 0 Å². The van der Waals surface area contributed by atoms with E-state index in [2.05, 4.69) is 5.32 Å². The Morgan fingerprint density at radius 2 is 1.67 bits per heavy atom. The molecule has 0 aromatic heterocycles. The first-order valence-electron chi connectivity index (χ1n) is 12.4. The summed E-state index contributed by atoms with van der Waals surface area (Å²) in [5.41, 5.74) is -0.554. The minimum absolute atomic E-state index is 0.00562. The number of hydrogen-bond acceptors (Lipinski definition) is 7. The second-order valence-corrected chi connectivity index (χ2v) is 11.4. The number of methoxy groups -OCH3 is 1. The van der Waals surface area contributed by atoms with Crippen LogP contribution in [0.15, 0.2) is 89.0 Å². The lowest BCUT2D eigenvalue weighted by atomic mass is 9.92. The fraction of sp³-hybridized carbons (Fsp3) is 0.172. The minimum Gasteiger partial charge on any atom is -0.466 e. The number of carbonyl (C=O) groups excluding carboxylic acids is 2. The van der Waals surface area contributed by atoms with E-state index in [1.54, 1.807) is 0 Å². The number of ether oxygens (including phenoxy) is 1. The number of hydrogen-bond donors (Lipinski definition) is 2. The second kappa shape index (κ2) is 11.6. The molecule has 1 atom stereocenters. The molecule has 14 heteroatoms. The number of benzene rings is 3. The molecular formula is C29H24F3N5O5S. The summed E-state index contributed by atoms with van der Waals surface area (Å²) < 4.78 is 69.5. The van der Waals surface area contributed by atoms with Gasteiger partial charge in [-0.1, -0.05) is 18.2 Å². The van der Waals surface area contributed by atoms with Crippen molar-refractivity contribution in [3.05, 3.63) is 101 Å². The highest BCUT2D eigenvalue weighted by Crippen LogP contribution is 2.41. The molecule has 0 saturated heterocycles. The number of nitriles is 1. The number of guanidine groups is 1. The van der Waals surface area contributed by atoms with Crippen molar-refractivity contribution in [2.75, 3.05) is 23.6 Å². The number of sulfone groups is 1. The lowest BCUT2D eigenvalue weighted by Crippen LogP contribution is -2.55. The molecule has 222 valence electrons. The summed E-state index contributed by atoms with van der Waals surface area (Å²) in [5, 5.41) is 20.9. The summed E-state index contributed by atoms with van der Waals surface area (Å²) >= 11 is 0. The van der Waals surface area contributed by atoms with Crippen molar-refractivity contribution in [2.45, 2.75) is 24.0 Å². The lowest BCUT2D eigenvalue weighted by Gasteiger charge is -2.43. The molecule has 3 aromatic carbocycles. The van der Waals surface area contributed by atoms with Crippen LogP contribution < -0.4 is 10.2 Å². The Kier molecular flexibility index (Phi) is 8.31. The molecule has 0 aliphatic carbocycles. The number of rotatable bonds is 5. The Morgan fingerprint density at radius 3 is 2.21 bits per heavy atom. The summed E-state index contributed by atoms with van der Waals surface area (Å²) in [6.07, 6.45) is -3.69. The highest BCUT2D eigenvalue weighted by molar-refractivity contribution is 7.90. The van der Waals surface area contributed by atoms with Crippen LogP contribution in [0.1, 0.15) is 29.7 Å². The molecule has 0 spiro atoms. The Bertz CT molecular complexity index is 1780. The van der Waals surface area contributed by atoms with Gasteiger partial charge < -0.3 is 10.1 Å². The van der Waals surface area contributed by atoms with E-state index in [0.717, 1.165) is 41.4 Å². The van der Waals surface area contributed by atoms with E-state index in [9.17, 15) is 36.4 Å². The van der Waals surface area contributed by atoms with Gasteiger partial charge in [-0.25, -0.2) is 18.0 Å². The maximum atomic E-state index is 13.9. The third kappa shape index (κ3) is 6.21. The number of anilines is 2. The van der Waals surface area contributed by atoms with Gasteiger partial charge in [0.2, 0.25) is 5.96 Å². The first kappa shape index (κ1) is 30.8. The number of nitrogens with zero attached hydrogens (tertiary/aromatic N) is 3. The van der Waals surface area contributed by atoms with E-state index >= 15 is 0 Å². The molecular weight excluding hydrogens is 587 g/mol. The zero-order chi connectivity index (χ0) is 31.7. The molecule has 1 aliphatic heterocycles. The van der Waals surface area contributed by atoms with Crippen LogP contribution in [-0.4, -0.2) is 44.6 Å². The molecule has 2 N–H and O–H groups in total. The Labute approximate surface area is 245 Å². The molecule has 0 bridgehead atoms. The number of carbonyl (C=O) groups is 2. The Balaban J connectivity index is 1.91. The van der Waals surface area contributed by atoms with Crippen LogP contribution in [0, 0.1) is 16.7 Å². The number of urea groups is 1. The van der Waals surface area contributed by atoms with E-state index in [4.69, 9.17) is 10.1 Å². The molecule has 1 unspecified atom stereocenters. The zero-order valence-electron chi connectivity index (χ0n) is 22.9. The van der Waals surface area contributed by atoms with Gasteiger partial charge in [0.05, 0.1) is 34.8 Å². The van der Waals surface area contributed by atoms with Gasteiger partial charge in [-0.2, -0.15) is 18.4 Å². The molecule has 10 nitrogen and oxygen atoms in total. The summed E-state index contributed by atoms with van der Waals surface area (Å²) in [6, 6.07) is 14.8. The molecule has 1 heterocycles. The van der Waals surface area contributed by atoms with Crippen molar-refractivity contribution in [3.63, 3.8) is 0 Å². The number of nitrogens with one attached hydrogen (secondary N) is 2. The third-order valence-corrected chi connectivity index (χ3v) is 7.77. The van der Waals surface area contributed by atoms with Crippen LogP contribution in [0.25, 0.3) is 0 Å². The van der Waals surface area contributed by atoms with Crippen LogP contribution in [-0.2, 0) is 25.5 Å². The second-order valence-electron chi connectivity index (χ2n) is 9.43. The summed E-state index contributed by atoms with van der Waals surface area (Å²) in [6.45, 7) is 1.41. The van der Waals surface area contributed by atoms with Gasteiger partial charge in [0.1, 0.15) is 6.04 Å². The SMILES string of the molecule is COC(=O)C1=C(C)N(c2cccc(C(F)(F)F)c2)C(=N)N(C(=O)Nc2ccc(S(C)(=O)=O)cc2)C1c1ccc(C#N)cc1. The van der Waals surface area contributed by atoms with E-state index in [-0.39, 0.29) is 33.1 Å². The highest BCUT2D eigenvalue weighted by atomic mass is 32.2. The standard InChI is InChI=1S/C29H24F3N5O5S/c1-17-24(26(38)42-2)25(19-9-7-18(16-33)8-10-19)37(28(39)35-21-11-13-23(14-12-21)43(3,40)41)27(34)36(17)22-6-4-5-20(15-22)29(30,31)32/h4-15,25,34H,1-3H3,(H,35,39). The van der Waals surface area contributed by atoms with Crippen molar-refractivity contribution < 1.29 is 35.9 Å². The molecule has 2 amide bonds. The molecule has 0 fully saturated rings. The maximum absolute atomic E-state index is 13.9. The van der Waals surface area contributed by atoms with Gasteiger partial charge >= 0.3 is 18.2 Å². The van der Waals surface area contributed by atoms with E-state index in [1.165, 1.54) is 61.5 Å². The molecule has 3 aromatic rings. The first-order chi connectivity index (χ1) is 20.2. The van der Waals surface area contributed by atoms with Crippen LogP contribution >= 0.6 is 0 Å². The minimum atomic E-state index is -4.71. The molecule has 0 radical (unpaired) electrons. The molecule has 43 heavy (non-hydrogen) atoms. The summed E-state index contributed by atoms with van der Waals surface area (Å²) in [7, 11) is -2.43. The van der Waals surface area contributed by atoms with E-state index < -0.39 is 45.6 Å². The number of alkyl halides is 3. The van der Waals surface area contributed by atoms with Crippen molar-refractivity contribution >= 4 is 39.2 Å².